The number of amides is 2. The van der Waals surface area contributed by atoms with Gasteiger partial charge < -0.3 is 15.0 Å². The van der Waals surface area contributed by atoms with E-state index in [2.05, 4.69) is 26.0 Å². The smallest absolute Gasteiger partial charge is 0.387 e. The van der Waals surface area contributed by atoms with Crippen LogP contribution in [0.5, 0.6) is 5.75 Å². The number of likely N-dealkylation sites (N-methyl/N-ethyl adjacent to an activating group) is 1. The molecule has 0 fully saturated rings. The van der Waals surface area contributed by atoms with Crippen LogP contribution in [0.3, 0.4) is 0 Å². The number of hydrogen-bond acceptors (Lipinski definition) is 3. The van der Waals surface area contributed by atoms with E-state index in [0.29, 0.717) is 10.2 Å². The standard InChI is InChI=1S/C17H15BrF2N2O3/c1-22(10-15(23)21-13-8-4-3-7-12(13)18)16(24)11-6-2-5-9-14(11)25-17(19)20/h2-9,17H,10H2,1H3,(H,21,23). The van der Waals surface area contributed by atoms with Crippen molar-refractivity contribution in [1.29, 1.82) is 0 Å². The third-order valence-electron chi connectivity index (χ3n) is 3.21. The molecule has 0 aliphatic carbocycles. The highest BCUT2D eigenvalue weighted by Gasteiger charge is 2.20. The van der Waals surface area contributed by atoms with Crippen molar-refractivity contribution in [3.8, 4) is 5.75 Å². The molecule has 2 amide bonds. The molecule has 0 spiro atoms. The zero-order valence-corrected chi connectivity index (χ0v) is 14.8. The van der Waals surface area contributed by atoms with Crippen LogP contribution in [-0.4, -0.2) is 36.9 Å². The van der Waals surface area contributed by atoms with Gasteiger partial charge in [0.2, 0.25) is 5.91 Å². The lowest BCUT2D eigenvalue weighted by molar-refractivity contribution is -0.116. The Labute approximate surface area is 151 Å². The molecule has 0 saturated carbocycles. The second-order valence-corrected chi connectivity index (χ2v) is 5.92. The quantitative estimate of drug-likeness (QED) is 0.785. The average Bonchev–Trinajstić information content (AvgIpc) is 2.56. The first-order chi connectivity index (χ1) is 11.9. The summed E-state index contributed by atoms with van der Waals surface area (Å²) in [7, 11) is 1.40. The lowest BCUT2D eigenvalue weighted by Crippen LogP contribution is -2.35. The van der Waals surface area contributed by atoms with Crippen molar-refractivity contribution in [2.75, 3.05) is 18.9 Å². The largest absolute Gasteiger partial charge is 0.434 e. The number of para-hydroxylation sites is 2. The molecule has 0 aliphatic heterocycles. The number of rotatable bonds is 6. The first-order valence-electron chi connectivity index (χ1n) is 7.22. The number of halogens is 3. The van der Waals surface area contributed by atoms with E-state index in [0.717, 1.165) is 4.90 Å². The summed E-state index contributed by atoms with van der Waals surface area (Å²) in [6.45, 7) is -3.29. The van der Waals surface area contributed by atoms with Gasteiger partial charge in [-0.25, -0.2) is 0 Å². The van der Waals surface area contributed by atoms with E-state index in [9.17, 15) is 18.4 Å². The Bertz CT molecular complexity index is 771. The van der Waals surface area contributed by atoms with Crippen LogP contribution in [0.4, 0.5) is 14.5 Å². The Hall–Kier alpha value is -2.48. The fourth-order valence-electron chi connectivity index (χ4n) is 2.09. The molecule has 25 heavy (non-hydrogen) atoms. The summed E-state index contributed by atoms with van der Waals surface area (Å²) in [6, 6.07) is 12.7. The molecule has 132 valence electrons. The first kappa shape index (κ1) is 18.9. The summed E-state index contributed by atoms with van der Waals surface area (Å²) in [5, 5.41) is 2.66. The van der Waals surface area contributed by atoms with E-state index in [-0.39, 0.29) is 17.9 Å². The molecule has 1 N–H and O–H groups in total. The van der Waals surface area contributed by atoms with Gasteiger partial charge in [-0.1, -0.05) is 24.3 Å². The molecule has 0 heterocycles. The number of anilines is 1. The Morgan fingerprint density at radius 1 is 1.16 bits per heavy atom. The van der Waals surface area contributed by atoms with E-state index in [1.54, 1.807) is 24.3 Å². The van der Waals surface area contributed by atoms with Crippen molar-refractivity contribution in [2.24, 2.45) is 0 Å². The van der Waals surface area contributed by atoms with Crippen molar-refractivity contribution in [2.45, 2.75) is 6.61 Å². The maximum atomic E-state index is 12.4. The van der Waals surface area contributed by atoms with Crippen LogP contribution < -0.4 is 10.1 Å². The van der Waals surface area contributed by atoms with E-state index in [1.165, 1.54) is 31.3 Å². The molecule has 2 aromatic rings. The van der Waals surface area contributed by atoms with Crippen LogP contribution >= 0.6 is 15.9 Å². The molecule has 2 rings (SSSR count). The van der Waals surface area contributed by atoms with Crippen molar-refractivity contribution in [1.82, 2.24) is 4.90 Å². The molecule has 0 radical (unpaired) electrons. The molecular formula is C17H15BrF2N2O3. The van der Waals surface area contributed by atoms with Crippen molar-refractivity contribution in [3.05, 3.63) is 58.6 Å². The molecule has 0 aliphatic rings. The topological polar surface area (TPSA) is 58.6 Å². The summed E-state index contributed by atoms with van der Waals surface area (Å²) in [6.07, 6.45) is 0. The van der Waals surface area contributed by atoms with E-state index in [1.807, 2.05) is 0 Å². The van der Waals surface area contributed by atoms with E-state index in [4.69, 9.17) is 0 Å². The molecule has 5 nitrogen and oxygen atoms in total. The third kappa shape index (κ3) is 5.25. The van der Waals surface area contributed by atoms with Crippen molar-refractivity contribution in [3.63, 3.8) is 0 Å². The molecule has 0 aromatic heterocycles. The van der Waals surface area contributed by atoms with Gasteiger partial charge in [0.1, 0.15) is 5.75 Å². The van der Waals surface area contributed by atoms with E-state index < -0.39 is 18.4 Å². The highest BCUT2D eigenvalue weighted by Crippen LogP contribution is 2.23. The minimum absolute atomic E-state index is 0.0426. The predicted molar refractivity (Wildman–Crippen MR) is 92.8 cm³/mol. The predicted octanol–water partition coefficient (Wildman–Crippen LogP) is 3.76. The lowest BCUT2D eigenvalue weighted by atomic mass is 10.2. The maximum absolute atomic E-state index is 12.4. The molecule has 2 aromatic carbocycles. The lowest BCUT2D eigenvalue weighted by Gasteiger charge is -2.19. The number of hydrogen-bond donors (Lipinski definition) is 1. The Morgan fingerprint density at radius 2 is 1.80 bits per heavy atom. The second kappa shape index (κ2) is 8.57. The summed E-state index contributed by atoms with van der Waals surface area (Å²) < 4.78 is 29.9. The first-order valence-corrected chi connectivity index (χ1v) is 8.01. The molecule has 0 unspecified atom stereocenters. The van der Waals surface area contributed by atoms with E-state index >= 15 is 0 Å². The van der Waals surface area contributed by atoms with Gasteiger partial charge in [-0.05, 0) is 40.2 Å². The van der Waals surface area contributed by atoms with Crippen LogP contribution in [-0.2, 0) is 4.79 Å². The molecular weight excluding hydrogens is 398 g/mol. The minimum Gasteiger partial charge on any atom is -0.434 e. The fraction of sp³-hybridized carbons (Fsp3) is 0.176. The molecule has 0 saturated heterocycles. The number of benzene rings is 2. The van der Waals surface area contributed by atoms with Gasteiger partial charge in [0.25, 0.3) is 5.91 Å². The zero-order chi connectivity index (χ0) is 18.4. The number of alkyl halides is 2. The SMILES string of the molecule is CN(CC(=O)Nc1ccccc1Br)C(=O)c1ccccc1OC(F)F. The van der Waals surface area contributed by atoms with Crippen molar-refractivity contribution >= 4 is 33.4 Å². The summed E-state index contributed by atoms with van der Waals surface area (Å²) in [5.41, 5.74) is 0.522. The minimum atomic E-state index is -3.04. The highest BCUT2D eigenvalue weighted by atomic mass is 79.9. The van der Waals surface area contributed by atoms with Gasteiger partial charge in [-0.15, -0.1) is 0 Å². The summed E-state index contributed by atoms with van der Waals surface area (Å²) in [4.78, 5) is 25.6. The number of ether oxygens (including phenoxy) is 1. The number of carbonyl (C=O) groups excluding carboxylic acids is 2. The number of carbonyl (C=O) groups is 2. The van der Waals surface area contributed by atoms with Gasteiger partial charge in [0, 0.05) is 11.5 Å². The third-order valence-corrected chi connectivity index (χ3v) is 3.90. The Kier molecular flexibility index (Phi) is 6.46. The number of nitrogens with one attached hydrogen (secondary N) is 1. The van der Waals surface area contributed by atoms with Gasteiger partial charge in [-0.3, -0.25) is 9.59 Å². The van der Waals surface area contributed by atoms with Gasteiger partial charge in [-0.2, -0.15) is 8.78 Å². The van der Waals surface area contributed by atoms with Crippen molar-refractivity contribution < 1.29 is 23.1 Å². The normalized spacial score (nSPS) is 10.4. The maximum Gasteiger partial charge on any atom is 0.387 e. The molecule has 8 heteroatoms. The van der Waals surface area contributed by atoms with Crippen LogP contribution in [0, 0.1) is 0 Å². The van der Waals surface area contributed by atoms with Crippen LogP contribution in [0.2, 0.25) is 0 Å². The average molecular weight is 413 g/mol. The second-order valence-electron chi connectivity index (χ2n) is 5.06. The number of nitrogens with zero attached hydrogens (tertiary/aromatic N) is 1. The Balaban J connectivity index is 2.05. The van der Waals surface area contributed by atoms with Crippen LogP contribution in [0.25, 0.3) is 0 Å². The van der Waals surface area contributed by atoms with Crippen LogP contribution in [0.15, 0.2) is 53.0 Å². The van der Waals surface area contributed by atoms with Crippen LogP contribution in [0.1, 0.15) is 10.4 Å². The zero-order valence-electron chi connectivity index (χ0n) is 13.2. The van der Waals surface area contributed by atoms with Gasteiger partial charge in [0.05, 0.1) is 17.8 Å². The molecule has 0 bridgehead atoms. The highest BCUT2D eigenvalue weighted by molar-refractivity contribution is 9.10. The summed E-state index contributed by atoms with van der Waals surface area (Å²) >= 11 is 3.31. The molecule has 0 atom stereocenters. The van der Waals surface area contributed by atoms with Gasteiger partial charge in [0.15, 0.2) is 0 Å². The van der Waals surface area contributed by atoms with Gasteiger partial charge >= 0.3 is 6.61 Å². The summed E-state index contributed by atoms with van der Waals surface area (Å²) in [5.74, 6) is -1.26. The monoisotopic (exact) mass is 412 g/mol. The Morgan fingerprint density at radius 3 is 2.48 bits per heavy atom. The fourth-order valence-corrected chi connectivity index (χ4v) is 2.47.